The lowest BCUT2D eigenvalue weighted by Crippen LogP contribution is -2.15. The summed E-state index contributed by atoms with van der Waals surface area (Å²) in [5, 5.41) is 2.34. The maximum absolute atomic E-state index is 13.1. The van der Waals surface area contributed by atoms with Crippen molar-refractivity contribution in [2.75, 3.05) is 10.0 Å². The lowest BCUT2D eigenvalue weighted by Gasteiger charge is -2.12. The van der Waals surface area contributed by atoms with E-state index in [1.165, 1.54) is 25.1 Å². The second-order valence-electron chi connectivity index (χ2n) is 4.90. The minimum atomic E-state index is -3.91. The highest BCUT2D eigenvalue weighted by molar-refractivity contribution is 7.92. The van der Waals surface area contributed by atoms with Gasteiger partial charge in [-0.1, -0.05) is 17.7 Å². The van der Waals surface area contributed by atoms with E-state index in [-0.39, 0.29) is 21.5 Å². The Kier molecular flexibility index (Phi) is 4.91. The molecule has 0 saturated heterocycles. The van der Waals surface area contributed by atoms with E-state index in [9.17, 15) is 17.6 Å². The predicted molar refractivity (Wildman–Crippen MR) is 87.7 cm³/mol. The SMILES string of the molecule is CC(=O)Nc1ccc(C)c(S(=O)(=O)Nc2ccc(F)c(Cl)c2)c1. The van der Waals surface area contributed by atoms with Crippen molar-refractivity contribution in [2.45, 2.75) is 18.7 Å². The van der Waals surface area contributed by atoms with E-state index in [2.05, 4.69) is 10.0 Å². The average Bonchev–Trinajstić information content (AvgIpc) is 2.44. The van der Waals surface area contributed by atoms with Crippen LogP contribution >= 0.6 is 11.6 Å². The van der Waals surface area contributed by atoms with Crippen LogP contribution in [0.1, 0.15) is 12.5 Å². The van der Waals surface area contributed by atoms with Crippen molar-refractivity contribution in [1.29, 1.82) is 0 Å². The number of carbonyl (C=O) groups excluding carboxylic acids is 1. The number of benzene rings is 2. The molecule has 0 unspecified atom stereocenters. The Balaban J connectivity index is 2.38. The van der Waals surface area contributed by atoms with Crippen LogP contribution in [0, 0.1) is 12.7 Å². The second-order valence-corrected chi connectivity index (χ2v) is 6.95. The molecule has 0 atom stereocenters. The van der Waals surface area contributed by atoms with Crippen LogP contribution in [0.25, 0.3) is 0 Å². The van der Waals surface area contributed by atoms with E-state index in [1.807, 2.05) is 0 Å². The molecule has 0 radical (unpaired) electrons. The molecule has 0 heterocycles. The van der Waals surface area contributed by atoms with Gasteiger partial charge in [-0.05, 0) is 42.8 Å². The Morgan fingerprint density at radius 2 is 1.78 bits per heavy atom. The lowest BCUT2D eigenvalue weighted by atomic mass is 10.2. The summed E-state index contributed by atoms with van der Waals surface area (Å²) in [5.74, 6) is -0.950. The molecule has 122 valence electrons. The highest BCUT2D eigenvalue weighted by Crippen LogP contribution is 2.25. The maximum atomic E-state index is 13.1. The van der Waals surface area contributed by atoms with Gasteiger partial charge in [0.25, 0.3) is 10.0 Å². The van der Waals surface area contributed by atoms with Crippen LogP contribution in [0.2, 0.25) is 5.02 Å². The van der Waals surface area contributed by atoms with Crippen LogP contribution < -0.4 is 10.0 Å². The number of hydrogen-bond acceptors (Lipinski definition) is 3. The smallest absolute Gasteiger partial charge is 0.262 e. The molecule has 0 aliphatic carbocycles. The molecule has 5 nitrogen and oxygen atoms in total. The molecule has 0 aliphatic rings. The first-order valence-electron chi connectivity index (χ1n) is 6.55. The molecule has 0 fully saturated rings. The van der Waals surface area contributed by atoms with Gasteiger partial charge >= 0.3 is 0 Å². The third-order valence-electron chi connectivity index (χ3n) is 2.97. The summed E-state index contributed by atoms with van der Waals surface area (Å²) >= 11 is 5.65. The number of nitrogens with one attached hydrogen (secondary N) is 2. The number of hydrogen-bond donors (Lipinski definition) is 2. The van der Waals surface area contributed by atoms with Crippen LogP contribution in [0.5, 0.6) is 0 Å². The first kappa shape index (κ1) is 17.2. The van der Waals surface area contributed by atoms with E-state index in [0.717, 1.165) is 6.07 Å². The van der Waals surface area contributed by atoms with E-state index in [0.29, 0.717) is 11.3 Å². The summed E-state index contributed by atoms with van der Waals surface area (Å²) in [7, 11) is -3.91. The molecule has 0 spiro atoms. The van der Waals surface area contributed by atoms with Gasteiger partial charge in [-0.15, -0.1) is 0 Å². The molecule has 8 heteroatoms. The van der Waals surface area contributed by atoms with Crippen LogP contribution in [0.15, 0.2) is 41.3 Å². The van der Waals surface area contributed by atoms with Crippen molar-refractivity contribution in [3.05, 3.63) is 52.8 Å². The minimum Gasteiger partial charge on any atom is -0.326 e. The van der Waals surface area contributed by atoms with Crippen LogP contribution in [-0.2, 0) is 14.8 Å². The fourth-order valence-corrected chi connectivity index (χ4v) is 3.44. The summed E-state index contributed by atoms with van der Waals surface area (Å²) in [4.78, 5) is 11.1. The van der Waals surface area contributed by atoms with Crippen molar-refractivity contribution < 1.29 is 17.6 Å². The zero-order valence-electron chi connectivity index (χ0n) is 12.4. The Morgan fingerprint density at radius 3 is 2.39 bits per heavy atom. The van der Waals surface area contributed by atoms with E-state index < -0.39 is 15.8 Å². The maximum Gasteiger partial charge on any atom is 0.262 e. The number of halogens is 2. The normalized spacial score (nSPS) is 11.1. The molecule has 0 saturated carbocycles. The fraction of sp³-hybridized carbons (Fsp3) is 0.133. The molecule has 0 aliphatic heterocycles. The third kappa shape index (κ3) is 4.20. The Morgan fingerprint density at radius 1 is 1.13 bits per heavy atom. The molecule has 0 aromatic heterocycles. The largest absolute Gasteiger partial charge is 0.326 e. The summed E-state index contributed by atoms with van der Waals surface area (Å²) in [6.45, 7) is 2.95. The molecule has 2 aromatic carbocycles. The monoisotopic (exact) mass is 356 g/mol. The number of anilines is 2. The van der Waals surface area contributed by atoms with Crippen molar-refractivity contribution in [3.8, 4) is 0 Å². The van der Waals surface area contributed by atoms with Gasteiger partial charge in [0.15, 0.2) is 0 Å². The molecule has 1 amide bonds. The first-order chi connectivity index (χ1) is 10.7. The van der Waals surface area contributed by atoms with Crippen molar-refractivity contribution in [1.82, 2.24) is 0 Å². The van der Waals surface area contributed by atoms with Gasteiger partial charge in [0.2, 0.25) is 5.91 Å². The van der Waals surface area contributed by atoms with Gasteiger partial charge in [-0.25, -0.2) is 12.8 Å². The summed E-state index contributed by atoms with van der Waals surface area (Å²) < 4.78 is 40.5. The van der Waals surface area contributed by atoms with Gasteiger partial charge < -0.3 is 5.32 Å². The highest BCUT2D eigenvalue weighted by Gasteiger charge is 2.18. The van der Waals surface area contributed by atoms with Crippen LogP contribution in [-0.4, -0.2) is 14.3 Å². The van der Waals surface area contributed by atoms with Gasteiger partial charge in [0, 0.05) is 12.6 Å². The van der Waals surface area contributed by atoms with Gasteiger partial charge in [0.05, 0.1) is 15.6 Å². The first-order valence-corrected chi connectivity index (χ1v) is 8.41. The number of rotatable bonds is 4. The molecule has 23 heavy (non-hydrogen) atoms. The van der Waals surface area contributed by atoms with Crippen molar-refractivity contribution in [2.24, 2.45) is 0 Å². The zero-order chi connectivity index (χ0) is 17.2. The zero-order valence-corrected chi connectivity index (χ0v) is 13.9. The van der Waals surface area contributed by atoms with E-state index in [1.54, 1.807) is 19.1 Å². The van der Waals surface area contributed by atoms with Crippen molar-refractivity contribution in [3.63, 3.8) is 0 Å². The highest BCUT2D eigenvalue weighted by atomic mass is 35.5. The summed E-state index contributed by atoms with van der Waals surface area (Å²) in [5.41, 5.74) is 1.00. The quantitative estimate of drug-likeness (QED) is 0.879. The molecule has 2 aromatic rings. The van der Waals surface area contributed by atoms with Gasteiger partial charge in [0.1, 0.15) is 5.82 Å². The van der Waals surface area contributed by atoms with E-state index >= 15 is 0 Å². The predicted octanol–water partition coefficient (Wildman–Crippen LogP) is 3.55. The average molecular weight is 357 g/mol. The fourth-order valence-electron chi connectivity index (χ4n) is 1.94. The number of aryl methyl sites for hydroxylation is 1. The molecular formula is C15H14ClFN2O3S. The van der Waals surface area contributed by atoms with Gasteiger partial charge in [-0.2, -0.15) is 0 Å². The molecule has 2 rings (SSSR count). The van der Waals surface area contributed by atoms with Crippen LogP contribution in [0.3, 0.4) is 0 Å². The topological polar surface area (TPSA) is 75.3 Å². The number of sulfonamides is 1. The standard InChI is InChI=1S/C15H14ClFN2O3S/c1-9-3-4-11(18-10(2)20)8-15(9)23(21,22)19-12-5-6-14(17)13(16)7-12/h3-8,19H,1-2H3,(H,18,20). The Labute approximate surface area is 138 Å². The van der Waals surface area contributed by atoms with Crippen LogP contribution in [0.4, 0.5) is 15.8 Å². The molecular weight excluding hydrogens is 343 g/mol. The van der Waals surface area contributed by atoms with E-state index in [4.69, 9.17) is 11.6 Å². The van der Waals surface area contributed by atoms with Gasteiger partial charge in [-0.3, -0.25) is 9.52 Å². The lowest BCUT2D eigenvalue weighted by molar-refractivity contribution is -0.114. The number of carbonyl (C=O) groups is 1. The number of amides is 1. The minimum absolute atomic E-state index is 0.00389. The Hall–Kier alpha value is -2.12. The summed E-state index contributed by atoms with van der Waals surface area (Å²) in [6.07, 6.45) is 0. The third-order valence-corrected chi connectivity index (χ3v) is 4.78. The molecule has 0 bridgehead atoms. The Bertz CT molecular complexity index is 869. The molecule has 2 N–H and O–H groups in total. The second kappa shape index (κ2) is 6.55. The summed E-state index contributed by atoms with van der Waals surface area (Å²) in [6, 6.07) is 8.06. The van der Waals surface area contributed by atoms with Crippen molar-refractivity contribution >= 4 is 38.9 Å².